The summed E-state index contributed by atoms with van der Waals surface area (Å²) in [6.45, 7) is 5.95. The normalized spacial score (nSPS) is 15.3. The van der Waals surface area contributed by atoms with Gasteiger partial charge in [-0.3, -0.25) is 9.69 Å². The molecule has 0 spiro atoms. The Bertz CT molecular complexity index is 1000. The molecule has 1 N–H and O–H groups in total. The van der Waals surface area contributed by atoms with Gasteiger partial charge in [-0.25, -0.2) is 4.39 Å². The van der Waals surface area contributed by atoms with E-state index in [9.17, 15) is 9.18 Å². The Morgan fingerprint density at radius 1 is 1.13 bits per heavy atom. The number of benzene rings is 2. The lowest BCUT2D eigenvalue weighted by atomic mass is 9.97. The summed E-state index contributed by atoms with van der Waals surface area (Å²) in [6, 6.07) is 12.0. The van der Waals surface area contributed by atoms with Gasteiger partial charge in [0.2, 0.25) is 17.6 Å². The first-order valence-electron chi connectivity index (χ1n) is 10.2. The van der Waals surface area contributed by atoms with Crippen molar-refractivity contribution in [3.05, 3.63) is 65.3 Å². The second kappa shape index (κ2) is 8.75. The average molecular weight is 408 g/mol. The molecular formula is C23H25FN4O2. The van der Waals surface area contributed by atoms with Crippen LogP contribution in [0.3, 0.4) is 0 Å². The van der Waals surface area contributed by atoms with Gasteiger partial charge in [0, 0.05) is 17.2 Å². The molecule has 0 aliphatic carbocycles. The van der Waals surface area contributed by atoms with E-state index in [1.807, 2.05) is 32.0 Å². The number of carbonyl (C=O) groups excluding carboxylic acids is 1. The molecule has 0 saturated carbocycles. The number of likely N-dealkylation sites (tertiary alicyclic amines) is 1. The van der Waals surface area contributed by atoms with E-state index in [2.05, 4.69) is 20.4 Å². The van der Waals surface area contributed by atoms with E-state index in [1.54, 1.807) is 12.1 Å². The zero-order chi connectivity index (χ0) is 21.1. The lowest BCUT2D eigenvalue weighted by molar-refractivity contribution is -0.117. The molecule has 6 nitrogen and oxygen atoms in total. The lowest BCUT2D eigenvalue weighted by Gasteiger charge is -2.29. The van der Waals surface area contributed by atoms with E-state index in [-0.39, 0.29) is 17.6 Å². The Labute approximate surface area is 175 Å². The van der Waals surface area contributed by atoms with Gasteiger partial charge in [0.15, 0.2) is 0 Å². The van der Waals surface area contributed by atoms with Crippen molar-refractivity contribution in [2.75, 3.05) is 25.0 Å². The van der Waals surface area contributed by atoms with E-state index in [0.717, 1.165) is 48.3 Å². The summed E-state index contributed by atoms with van der Waals surface area (Å²) in [7, 11) is 0. The maximum Gasteiger partial charge on any atom is 0.238 e. The van der Waals surface area contributed by atoms with Crippen molar-refractivity contribution in [2.45, 2.75) is 32.6 Å². The number of hydrogen-bond donors (Lipinski definition) is 1. The van der Waals surface area contributed by atoms with Crippen LogP contribution in [0.5, 0.6) is 0 Å². The van der Waals surface area contributed by atoms with Crippen LogP contribution in [0, 0.1) is 19.7 Å². The van der Waals surface area contributed by atoms with Gasteiger partial charge in [-0.15, -0.1) is 0 Å². The molecule has 156 valence electrons. The maximum absolute atomic E-state index is 13.1. The average Bonchev–Trinajstić information content (AvgIpc) is 3.22. The highest BCUT2D eigenvalue weighted by Crippen LogP contribution is 2.28. The third-order valence-corrected chi connectivity index (χ3v) is 5.59. The van der Waals surface area contributed by atoms with Crippen molar-refractivity contribution in [1.29, 1.82) is 0 Å². The molecule has 0 radical (unpaired) electrons. The quantitative estimate of drug-likeness (QED) is 0.681. The Morgan fingerprint density at radius 2 is 1.80 bits per heavy atom. The smallest absolute Gasteiger partial charge is 0.238 e. The Morgan fingerprint density at radius 3 is 2.47 bits per heavy atom. The van der Waals surface area contributed by atoms with Crippen molar-refractivity contribution in [3.8, 4) is 11.4 Å². The number of aromatic nitrogens is 2. The third kappa shape index (κ3) is 4.57. The first kappa shape index (κ1) is 20.2. The molecule has 4 rings (SSSR count). The molecule has 0 unspecified atom stereocenters. The zero-order valence-corrected chi connectivity index (χ0v) is 17.2. The fraction of sp³-hybridized carbons (Fsp3) is 0.348. The molecule has 0 atom stereocenters. The molecule has 1 fully saturated rings. The molecule has 0 bridgehead atoms. The van der Waals surface area contributed by atoms with Gasteiger partial charge in [0.05, 0.1) is 6.54 Å². The van der Waals surface area contributed by atoms with E-state index in [1.165, 1.54) is 12.1 Å². The topological polar surface area (TPSA) is 71.3 Å². The summed E-state index contributed by atoms with van der Waals surface area (Å²) < 4.78 is 18.5. The molecule has 1 amide bonds. The van der Waals surface area contributed by atoms with E-state index >= 15 is 0 Å². The van der Waals surface area contributed by atoms with Gasteiger partial charge in [0.1, 0.15) is 5.82 Å². The molecule has 1 aliphatic rings. The lowest BCUT2D eigenvalue weighted by Crippen LogP contribution is -2.39. The summed E-state index contributed by atoms with van der Waals surface area (Å²) in [4.78, 5) is 19.1. The van der Waals surface area contributed by atoms with Crippen LogP contribution in [0.2, 0.25) is 0 Å². The summed E-state index contributed by atoms with van der Waals surface area (Å²) in [5.74, 6) is 0.956. The SMILES string of the molecule is Cc1cccc(C)c1NC(=O)CN1CCC(c2nc(-c3ccc(F)cc3)no2)CC1. The number of aryl methyl sites for hydroxylation is 2. The predicted octanol–water partition coefficient (Wildman–Crippen LogP) is 4.31. The standard InChI is InChI=1S/C23H25FN4O2/c1-15-4-3-5-16(2)21(15)25-20(29)14-28-12-10-18(11-13-28)23-26-22(27-30-23)17-6-8-19(24)9-7-17/h3-9,18H,10-14H2,1-2H3,(H,25,29). The number of amides is 1. The molecule has 7 heteroatoms. The highest BCUT2D eigenvalue weighted by atomic mass is 19.1. The summed E-state index contributed by atoms with van der Waals surface area (Å²) in [5.41, 5.74) is 3.76. The molecule has 3 aromatic rings. The number of nitrogens with one attached hydrogen (secondary N) is 1. The molecule has 2 heterocycles. The third-order valence-electron chi connectivity index (χ3n) is 5.59. The minimum atomic E-state index is -0.295. The number of anilines is 1. The van der Waals surface area contributed by atoms with E-state index in [4.69, 9.17) is 4.52 Å². The highest BCUT2D eigenvalue weighted by molar-refractivity contribution is 5.93. The fourth-order valence-corrected chi connectivity index (χ4v) is 3.85. The van der Waals surface area contributed by atoms with Crippen LogP contribution in [-0.4, -0.2) is 40.6 Å². The molecule has 2 aromatic carbocycles. The number of rotatable bonds is 5. The predicted molar refractivity (Wildman–Crippen MR) is 113 cm³/mol. The number of hydrogen-bond acceptors (Lipinski definition) is 5. The van der Waals surface area contributed by atoms with Gasteiger partial charge in [-0.05, 0) is 75.2 Å². The number of para-hydroxylation sites is 1. The number of piperidine rings is 1. The molecule has 1 aliphatic heterocycles. The first-order valence-corrected chi connectivity index (χ1v) is 10.2. The van der Waals surface area contributed by atoms with Gasteiger partial charge in [-0.2, -0.15) is 4.98 Å². The fourth-order valence-electron chi connectivity index (χ4n) is 3.85. The van der Waals surface area contributed by atoms with Crippen molar-refractivity contribution in [3.63, 3.8) is 0 Å². The number of nitrogens with zero attached hydrogens (tertiary/aromatic N) is 3. The van der Waals surface area contributed by atoms with Gasteiger partial charge in [-0.1, -0.05) is 23.4 Å². The van der Waals surface area contributed by atoms with Crippen molar-refractivity contribution >= 4 is 11.6 Å². The van der Waals surface area contributed by atoms with Crippen LogP contribution in [-0.2, 0) is 4.79 Å². The second-order valence-corrected chi connectivity index (χ2v) is 7.83. The zero-order valence-electron chi connectivity index (χ0n) is 17.2. The summed E-state index contributed by atoms with van der Waals surface area (Å²) in [5, 5.41) is 7.08. The van der Waals surface area contributed by atoms with Crippen molar-refractivity contribution < 1.29 is 13.7 Å². The minimum Gasteiger partial charge on any atom is -0.339 e. The van der Waals surface area contributed by atoms with Crippen LogP contribution in [0.15, 0.2) is 47.0 Å². The monoisotopic (exact) mass is 408 g/mol. The molecule has 30 heavy (non-hydrogen) atoms. The van der Waals surface area contributed by atoms with E-state index in [0.29, 0.717) is 18.3 Å². The molecular weight excluding hydrogens is 383 g/mol. The minimum absolute atomic E-state index is 0.00207. The first-order chi connectivity index (χ1) is 14.5. The van der Waals surface area contributed by atoms with Crippen LogP contribution in [0.25, 0.3) is 11.4 Å². The number of carbonyl (C=O) groups is 1. The second-order valence-electron chi connectivity index (χ2n) is 7.83. The van der Waals surface area contributed by atoms with Crippen LogP contribution in [0.1, 0.15) is 35.8 Å². The van der Waals surface area contributed by atoms with Crippen molar-refractivity contribution in [1.82, 2.24) is 15.0 Å². The van der Waals surface area contributed by atoms with E-state index < -0.39 is 0 Å². The largest absolute Gasteiger partial charge is 0.339 e. The molecule has 1 aromatic heterocycles. The van der Waals surface area contributed by atoms with Gasteiger partial charge < -0.3 is 9.84 Å². The van der Waals surface area contributed by atoms with Crippen LogP contribution < -0.4 is 5.32 Å². The number of halogens is 1. The summed E-state index contributed by atoms with van der Waals surface area (Å²) in [6.07, 6.45) is 1.70. The molecule has 1 saturated heterocycles. The van der Waals surface area contributed by atoms with Gasteiger partial charge in [0.25, 0.3) is 0 Å². The summed E-state index contributed by atoms with van der Waals surface area (Å²) >= 11 is 0. The highest BCUT2D eigenvalue weighted by Gasteiger charge is 2.26. The van der Waals surface area contributed by atoms with Crippen LogP contribution in [0.4, 0.5) is 10.1 Å². The Balaban J connectivity index is 1.31. The Kier molecular flexibility index (Phi) is 5.90. The van der Waals surface area contributed by atoms with Gasteiger partial charge >= 0.3 is 0 Å². The maximum atomic E-state index is 13.1. The van der Waals surface area contributed by atoms with Crippen LogP contribution >= 0.6 is 0 Å². The Hall–Kier alpha value is -3.06. The van der Waals surface area contributed by atoms with Crippen molar-refractivity contribution in [2.24, 2.45) is 0 Å².